The van der Waals surface area contributed by atoms with E-state index in [1.807, 2.05) is 43.3 Å². The predicted octanol–water partition coefficient (Wildman–Crippen LogP) is 4.89. The molecule has 0 saturated carbocycles. The lowest BCUT2D eigenvalue weighted by atomic mass is 10.2. The Balaban J connectivity index is 1.51. The number of nitrogens with one attached hydrogen (secondary N) is 1. The molecular weight excluding hydrogens is 400 g/mol. The van der Waals surface area contributed by atoms with E-state index < -0.39 is 0 Å². The van der Waals surface area contributed by atoms with Crippen LogP contribution >= 0.6 is 11.8 Å². The molecule has 30 heavy (non-hydrogen) atoms. The van der Waals surface area contributed by atoms with Crippen LogP contribution in [-0.4, -0.2) is 25.0 Å². The van der Waals surface area contributed by atoms with Crippen LogP contribution in [0.25, 0.3) is 0 Å². The predicted molar refractivity (Wildman–Crippen MR) is 117 cm³/mol. The zero-order chi connectivity index (χ0) is 20.9. The van der Waals surface area contributed by atoms with Crippen LogP contribution in [0.15, 0.2) is 76.2 Å². The number of para-hydroxylation sites is 1. The van der Waals surface area contributed by atoms with Gasteiger partial charge < -0.3 is 19.4 Å². The van der Waals surface area contributed by atoms with Gasteiger partial charge in [0.1, 0.15) is 18.1 Å². The van der Waals surface area contributed by atoms with Crippen LogP contribution in [0.5, 0.6) is 5.75 Å². The summed E-state index contributed by atoms with van der Waals surface area (Å²) in [4.78, 5) is 28.3. The number of furan rings is 1. The summed E-state index contributed by atoms with van der Waals surface area (Å²) in [5.41, 5.74) is 1.39. The van der Waals surface area contributed by atoms with E-state index in [9.17, 15) is 9.59 Å². The number of rotatable bonds is 6. The Morgan fingerprint density at radius 1 is 1.17 bits per heavy atom. The number of hydrogen-bond acceptors (Lipinski definition) is 5. The van der Waals surface area contributed by atoms with Crippen molar-refractivity contribution in [1.29, 1.82) is 0 Å². The van der Waals surface area contributed by atoms with Gasteiger partial charge in [0, 0.05) is 17.0 Å². The molecule has 1 aliphatic rings. The minimum absolute atomic E-state index is 0.0610. The van der Waals surface area contributed by atoms with Gasteiger partial charge in [-0.05, 0) is 55.5 Å². The maximum Gasteiger partial charge on any atom is 0.244 e. The molecule has 2 heterocycles. The molecule has 4 rings (SSSR count). The monoisotopic (exact) mass is 422 g/mol. The van der Waals surface area contributed by atoms with Crippen molar-refractivity contribution < 1.29 is 18.7 Å². The van der Waals surface area contributed by atoms with Crippen molar-refractivity contribution in [3.8, 4) is 5.75 Å². The lowest BCUT2D eigenvalue weighted by molar-refractivity contribution is -0.121. The third kappa shape index (κ3) is 4.52. The fourth-order valence-corrected chi connectivity index (χ4v) is 4.57. The molecule has 1 unspecified atom stereocenters. The molecule has 0 spiro atoms. The number of carbonyl (C=O) groups is 2. The Bertz CT molecular complexity index is 1020. The van der Waals surface area contributed by atoms with Gasteiger partial charge in [0.05, 0.1) is 23.8 Å². The zero-order valence-corrected chi connectivity index (χ0v) is 17.4. The number of benzene rings is 2. The highest BCUT2D eigenvalue weighted by atomic mass is 32.2. The van der Waals surface area contributed by atoms with Crippen molar-refractivity contribution in [1.82, 2.24) is 0 Å². The Morgan fingerprint density at radius 2 is 1.97 bits per heavy atom. The second-order valence-corrected chi connectivity index (χ2v) is 8.02. The third-order valence-corrected chi connectivity index (χ3v) is 5.98. The van der Waals surface area contributed by atoms with Crippen LogP contribution in [0.1, 0.15) is 24.4 Å². The highest BCUT2D eigenvalue weighted by Gasteiger charge is 2.31. The van der Waals surface area contributed by atoms with Crippen molar-refractivity contribution in [3.05, 3.63) is 72.7 Å². The average molecular weight is 423 g/mol. The van der Waals surface area contributed by atoms with Crippen LogP contribution < -0.4 is 15.0 Å². The van der Waals surface area contributed by atoms with Gasteiger partial charge in [0.15, 0.2) is 0 Å². The van der Waals surface area contributed by atoms with E-state index in [1.54, 1.807) is 47.2 Å². The van der Waals surface area contributed by atoms with Gasteiger partial charge in [-0.1, -0.05) is 12.1 Å². The van der Waals surface area contributed by atoms with Gasteiger partial charge in [-0.15, -0.1) is 11.8 Å². The van der Waals surface area contributed by atoms with E-state index in [0.29, 0.717) is 12.3 Å². The molecule has 1 atom stereocenters. The lowest BCUT2D eigenvalue weighted by Gasteiger charge is -2.22. The number of thioether (sulfide) groups is 1. The molecule has 1 N–H and O–H groups in total. The molecule has 2 amide bonds. The van der Waals surface area contributed by atoms with Gasteiger partial charge in [-0.2, -0.15) is 0 Å². The fourth-order valence-electron chi connectivity index (χ4n) is 3.33. The molecule has 0 fully saturated rings. The van der Waals surface area contributed by atoms with Crippen molar-refractivity contribution in [2.75, 3.05) is 23.4 Å². The number of fused-ring (bicyclic) bond motifs is 1. The summed E-state index contributed by atoms with van der Waals surface area (Å²) in [5.74, 6) is 1.12. The van der Waals surface area contributed by atoms with E-state index in [2.05, 4.69) is 5.32 Å². The summed E-state index contributed by atoms with van der Waals surface area (Å²) < 4.78 is 11.0. The minimum Gasteiger partial charge on any atom is -0.494 e. The molecular formula is C23H22N2O4S. The van der Waals surface area contributed by atoms with E-state index in [1.165, 1.54) is 0 Å². The zero-order valence-electron chi connectivity index (χ0n) is 16.5. The molecule has 1 aliphatic heterocycles. The summed E-state index contributed by atoms with van der Waals surface area (Å²) in [6.45, 7) is 2.44. The molecule has 0 radical (unpaired) electrons. The van der Waals surface area contributed by atoms with Crippen molar-refractivity contribution >= 4 is 35.0 Å². The van der Waals surface area contributed by atoms with Crippen LogP contribution in [0.3, 0.4) is 0 Å². The van der Waals surface area contributed by atoms with Gasteiger partial charge in [0.25, 0.3) is 0 Å². The van der Waals surface area contributed by atoms with Crippen molar-refractivity contribution in [3.63, 3.8) is 0 Å². The SMILES string of the molecule is CCOc1ccc(NC(=O)CN2C(=O)CC(c3ccco3)Sc3ccccc32)cc1. The lowest BCUT2D eigenvalue weighted by Crippen LogP contribution is -2.38. The minimum atomic E-state index is -0.260. The number of ether oxygens (including phenoxy) is 1. The van der Waals surface area contributed by atoms with E-state index >= 15 is 0 Å². The first-order valence-corrected chi connectivity index (χ1v) is 10.6. The van der Waals surface area contributed by atoms with Gasteiger partial charge in [-0.25, -0.2) is 0 Å². The second kappa shape index (κ2) is 9.09. The Labute approximate surface area is 179 Å². The number of carbonyl (C=O) groups excluding carboxylic acids is 2. The maximum atomic E-state index is 13.1. The maximum absolute atomic E-state index is 13.1. The molecule has 7 heteroatoms. The van der Waals surface area contributed by atoms with Crippen LogP contribution in [0.2, 0.25) is 0 Å². The van der Waals surface area contributed by atoms with Gasteiger partial charge in [-0.3, -0.25) is 9.59 Å². The fraction of sp³-hybridized carbons (Fsp3) is 0.217. The highest BCUT2D eigenvalue weighted by Crippen LogP contribution is 2.45. The number of anilines is 2. The van der Waals surface area contributed by atoms with E-state index in [0.717, 1.165) is 22.1 Å². The number of hydrogen-bond donors (Lipinski definition) is 1. The molecule has 154 valence electrons. The molecule has 0 saturated heterocycles. The average Bonchev–Trinajstić information content (AvgIpc) is 3.24. The summed E-state index contributed by atoms with van der Waals surface area (Å²) in [6, 6.07) is 18.5. The first kappa shape index (κ1) is 20.1. The molecule has 0 aliphatic carbocycles. The Hall–Kier alpha value is -3.19. The van der Waals surface area contributed by atoms with E-state index in [4.69, 9.17) is 9.15 Å². The standard InChI is InChI=1S/C23H22N2O4S/c1-2-28-17-11-9-16(10-12-17)24-22(26)15-25-18-6-3-4-8-20(18)30-21(14-23(25)27)19-7-5-13-29-19/h3-13,21H,2,14-15H2,1H3,(H,24,26). The summed E-state index contributed by atoms with van der Waals surface area (Å²) in [5, 5.41) is 2.72. The van der Waals surface area contributed by atoms with Crippen molar-refractivity contribution in [2.24, 2.45) is 0 Å². The smallest absolute Gasteiger partial charge is 0.244 e. The molecule has 1 aromatic heterocycles. The van der Waals surface area contributed by atoms with Crippen LogP contribution in [-0.2, 0) is 9.59 Å². The van der Waals surface area contributed by atoms with Gasteiger partial charge in [0.2, 0.25) is 11.8 Å². The molecule has 3 aromatic rings. The number of nitrogens with zero attached hydrogens (tertiary/aromatic N) is 1. The largest absolute Gasteiger partial charge is 0.494 e. The highest BCUT2D eigenvalue weighted by molar-refractivity contribution is 7.99. The second-order valence-electron chi connectivity index (χ2n) is 6.78. The first-order valence-electron chi connectivity index (χ1n) is 9.76. The van der Waals surface area contributed by atoms with Gasteiger partial charge >= 0.3 is 0 Å². The number of amides is 2. The Morgan fingerprint density at radius 3 is 2.70 bits per heavy atom. The summed E-state index contributed by atoms with van der Waals surface area (Å²) in [7, 11) is 0. The summed E-state index contributed by atoms with van der Waals surface area (Å²) >= 11 is 1.58. The topological polar surface area (TPSA) is 71.8 Å². The first-order chi connectivity index (χ1) is 14.6. The Kier molecular flexibility index (Phi) is 6.09. The van der Waals surface area contributed by atoms with Crippen molar-refractivity contribution in [2.45, 2.75) is 23.5 Å². The van der Waals surface area contributed by atoms with E-state index in [-0.39, 0.29) is 30.0 Å². The van der Waals surface area contributed by atoms with Crippen LogP contribution in [0, 0.1) is 0 Å². The molecule has 0 bridgehead atoms. The quantitative estimate of drug-likeness (QED) is 0.613. The summed E-state index contributed by atoms with van der Waals surface area (Å²) in [6.07, 6.45) is 1.86. The van der Waals surface area contributed by atoms with Crippen LogP contribution in [0.4, 0.5) is 11.4 Å². The normalized spacial score (nSPS) is 16.0. The molecule has 2 aromatic carbocycles. The molecule has 6 nitrogen and oxygen atoms in total. The third-order valence-electron chi connectivity index (χ3n) is 4.70.